The number of nitrogens with one attached hydrogen (secondary N) is 2. The van der Waals surface area contributed by atoms with Gasteiger partial charge in [-0.25, -0.2) is 4.98 Å². The van der Waals surface area contributed by atoms with E-state index in [0.29, 0.717) is 37.2 Å². The molecular weight excluding hydrogens is 346 g/mol. The molecule has 140 valence electrons. The normalized spacial score (nSPS) is 14.5. The van der Waals surface area contributed by atoms with E-state index in [1.807, 2.05) is 0 Å². The number of anilines is 1. The van der Waals surface area contributed by atoms with Crippen LogP contribution in [0.5, 0.6) is 0 Å². The van der Waals surface area contributed by atoms with Gasteiger partial charge in [-0.2, -0.15) is 0 Å². The van der Waals surface area contributed by atoms with E-state index in [4.69, 9.17) is 0 Å². The van der Waals surface area contributed by atoms with Gasteiger partial charge in [0.25, 0.3) is 11.8 Å². The van der Waals surface area contributed by atoms with Gasteiger partial charge < -0.3 is 15.5 Å². The van der Waals surface area contributed by atoms with Crippen LogP contribution in [0, 0.1) is 0 Å². The molecule has 0 bridgehead atoms. The van der Waals surface area contributed by atoms with E-state index in [2.05, 4.69) is 20.6 Å². The highest BCUT2D eigenvalue weighted by Crippen LogP contribution is 2.17. The molecular formula is C19H21N5O3. The lowest BCUT2D eigenvalue weighted by atomic mass is 10.0. The molecule has 1 aliphatic heterocycles. The number of nitrogens with zero attached hydrogens (tertiary/aromatic N) is 3. The van der Waals surface area contributed by atoms with Gasteiger partial charge in [0.05, 0.1) is 6.20 Å². The average molecular weight is 367 g/mol. The summed E-state index contributed by atoms with van der Waals surface area (Å²) in [5.41, 5.74) is 1.41. The van der Waals surface area contributed by atoms with Crippen LogP contribution in [0.15, 0.2) is 42.9 Å². The average Bonchev–Trinajstić information content (AvgIpc) is 2.68. The van der Waals surface area contributed by atoms with Gasteiger partial charge in [0.2, 0.25) is 5.91 Å². The van der Waals surface area contributed by atoms with Gasteiger partial charge >= 0.3 is 0 Å². The summed E-state index contributed by atoms with van der Waals surface area (Å²) in [6, 6.07) is 6.88. The lowest BCUT2D eigenvalue weighted by molar-refractivity contribution is -0.114. The molecule has 0 radical (unpaired) electrons. The van der Waals surface area contributed by atoms with Crippen molar-refractivity contribution in [2.75, 3.05) is 18.4 Å². The molecule has 1 aromatic heterocycles. The summed E-state index contributed by atoms with van der Waals surface area (Å²) in [4.78, 5) is 45.7. The van der Waals surface area contributed by atoms with E-state index in [9.17, 15) is 14.4 Å². The predicted molar refractivity (Wildman–Crippen MR) is 99.2 cm³/mol. The molecule has 1 saturated heterocycles. The van der Waals surface area contributed by atoms with Crippen LogP contribution in [0.3, 0.4) is 0 Å². The summed E-state index contributed by atoms with van der Waals surface area (Å²) in [7, 11) is 0. The van der Waals surface area contributed by atoms with Gasteiger partial charge in [0, 0.05) is 49.7 Å². The number of likely N-dealkylation sites (tertiary alicyclic amines) is 1. The molecule has 8 heteroatoms. The molecule has 8 nitrogen and oxygen atoms in total. The molecule has 0 atom stereocenters. The van der Waals surface area contributed by atoms with E-state index in [-0.39, 0.29) is 29.5 Å². The minimum Gasteiger partial charge on any atom is -0.348 e. The quantitative estimate of drug-likeness (QED) is 0.852. The zero-order chi connectivity index (χ0) is 19.2. The van der Waals surface area contributed by atoms with Gasteiger partial charge in [-0.1, -0.05) is 6.07 Å². The monoisotopic (exact) mass is 367 g/mol. The van der Waals surface area contributed by atoms with E-state index >= 15 is 0 Å². The number of carbonyl (C=O) groups is 3. The summed E-state index contributed by atoms with van der Waals surface area (Å²) >= 11 is 0. The first-order chi connectivity index (χ1) is 13.0. The number of hydrogen-bond acceptors (Lipinski definition) is 5. The number of piperidine rings is 1. The van der Waals surface area contributed by atoms with Gasteiger partial charge in [0.1, 0.15) is 5.69 Å². The maximum Gasteiger partial charge on any atom is 0.271 e. The number of carbonyl (C=O) groups excluding carboxylic acids is 3. The Bertz CT molecular complexity index is 832. The van der Waals surface area contributed by atoms with Crippen LogP contribution in [-0.4, -0.2) is 51.7 Å². The van der Waals surface area contributed by atoms with Crippen LogP contribution in [0.2, 0.25) is 0 Å². The SMILES string of the molecule is CC(=O)Nc1cccc(C(=O)N2CCC(NC(=O)c3cnccn3)CC2)c1. The Labute approximate surface area is 157 Å². The number of hydrogen-bond donors (Lipinski definition) is 2. The molecule has 1 fully saturated rings. The third-order valence-electron chi connectivity index (χ3n) is 4.34. The van der Waals surface area contributed by atoms with E-state index in [1.165, 1.54) is 25.5 Å². The first kappa shape index (κ1) is 18.5. The lowest BCUT2D eigenvalue weighted by Crippen LogP contribution is -2.46. The fourth-order valence-electron chi connectivity index (χ4n) is 3.02. The lowest BCUT2D eigenvalue weighted by Gasteiger charge is -2.32. The molecule has 0 spiro atoms. The van der Waals surface area contributed by atoms with Crippen LogP contribution in [0.4, 0.5) is 5.69 Å². The van der Waals surface area contributed by atoms with E-state index in [1.54, 1.807) is 29.2 Å². The summed E-state index contributed by atoms with van der Waals surface area (Å²) in [5.74, 6) is -0.518. The zero-order valence-corrected chi connectivity index (χ0v) is 15.0. The van der Waals surface area contributed by atoms with Crippen LogP contribution < -0.4 is 10.6 Å². The summed E-state index contributed by atoms with van der Waals surface area (Å²) in [6.45, 7) is 2.53. The minimum absolute atomic E-state index is 0.00531. The highest BCUT2D eigenvalue weighted by Gasteiger charge is 2.25. The maximum absolute atomic E-state index is 12.7. The molecule has 0 aliphatic carbocycles. The van der Waals surface area contributed by atoms with Crippen molar-refractivity contribution in [3.8, 4) is 0 Å². The van der Waals surface area contributed by atoms with E-state index < -0.39 is 0 Å². The van der Waals surface area contributed by atoms with Crippen molar-refractivity contribution < 1.29 is 14.4 Å². The second-order valence-electron chi connectivity index (χ2n) is 6.39. The zero-order valence-electron chi connectivity index (χ0n) is 15.0. The third kappa shape index (κ3) is 4.87. The first-order valence-corrected chi connectivity index (χ1v) is 8.77. The Morgan fingerprint density at radius 3 is 2.59 bits per heavy atom. The smallest absolute Gasteiger partial charge is 0.271 e. The van der Waals surface area contributed by atoms with Gasteiger partial charge in [0.15, 0.2) is 0 Å². The second-order valence-corrected chi connectivity index (χ2v) is 6.39. The molecule has 2 N–H and O–H groups in total. The summed E-state index contributed by atoms with van der Waals surface area (Å²) in [6.07, 6.45) is 5.76. The molecule has 3 amide bonds. The largest absolute Gasteiger partial charge is 0.348 e. The van der Waals surface area contributed by atoms with Crippen molar-refractivity contribution in [1.82, 2.24) is 20.2 Å². The van der Waals surface area contributed by atoms with Crippen LogP contribution in [-0.2, 0) is 4.79 Å². The third-order valence-corrected chi connectivity index (χ3v) is 4.34. The van der Waals surface area contributed by atoms with E-state index in [0.717, 1.165) is 0 Å². The Morgan fingerprint density at radius 2 is 1.93 bits per heavy atom. The van der Waals surface area contributed by atoms with Gasteiger partial charge in [-0.05, 0) is 31.0 Å². The standard InChI is InChI=1S/C19H21N5O3/c1-13(25)22-16-4-2-3-14(11-16)19(27)24-9-5-15(6-10-24)23-18(26)17-12-20-7-8-21-17/h2-4,7-8,11-12,15H,5-6,9-10H2,1H3,(H,22,25)(H,23,26). The van der Waals surface area contributed by atoms with Crippen molar-refractivity contribution in [3.05, 3.63) is 54.1 Å². The Morgan fingerprint density at radius 1 is 1.15 bits per heavy atom. The van der Waals surface area contributed by atoms with Gasteiger partial charge in [-0.15, -0.1) is 0 Å². The maximum atomic E-state index is 12.7. The number of rotatable bonds is 4. The minimum atomic E-state index is -0.254. The summed E-state index contributed by atoms with van der Waals surface area (Å²) < 4.78 is 0. The fraction of sp³-hybridized carbons (Fsp3) is 0.316. The van der Waals surface area contributed by atoms with Gasteiger partial charge in [-0.3, -0.25) is 19.4 Å². The molecule has 0 unspecified atom stereocenters. The van der Waals surface area contributed by atoms with Crippen molar-refractivity contribution in [2.24, 2.45) is 0 Å². The molecule has 1 aromatic carbocycles. The summed E-state index contributed by atoms with van der Waals surface area (Å²) in [5, 5.41) is 5.62. The fourth-order valence-corrected chi connectivity index (χ4v) is 3.02. The molecule has 0 saturated carbocycles. The van der Waals surface area contributed by atoms with Crippen molar-refractivity contribution in [3.63, 3.8) is 0 Å². The second kappa shape index (κ2) is 8.39. The molecule has 27 heavy (non-hydrogen) atoms. The Balaban J connectivity index is 1.55. The molecule has 1 aliphatic rings. The van der Waals surface area contributed by atoms with Crippen molar-refractivity contribution >= 4 is 23.4 Å². The van der Waals surface area contributed by atoms with Crippen molar-refractivity contribution in [1.29, 1.82) is 0 Å². The number of aromatic nitrogens is 2. The molecule has 2 aromatic rings. The topological polar surface area (TPSA) is 104 Å². The van der Waals surface area contributed by atoms with Crippen molar-refractivity contribution in [2.45, 2.75) is 25.8 Å². The van der Waals surface area contributed by atoms with Crippen LogP contribution >= 0.6 is 0 Å². The Kier molecular flexibility index (Phi) is 5.75. The Hall–Kier alpha value is -3.29. The number of benzene rings is 1. The van der Waals surface area contributed by atoms with Crippen LogP contribution in [0.25, 0.3) is 0 Å². The predicted octanol–water partition coefficient (Wildman–Crippen LogP) is 1.47. The van der Waals surface area contributed by atoms with Crippen LogP contribution in [0.1, 0.15) is 40.6 Å². The molecule has 2 heterocycles. The molecule has 3 rings (SSSR count). The number of amides is 3. The highest BCUT2D eigenvalue weighted by molar-refractivity contribution is 5.97. The highest BCUT2D eigenvalue weighted by atomic mass is 16.2. The first-order valence-electron chi connectivity index (χ1n) is 8.77.